The zero-order chi connectivity index (χ0) is 18.9. The SMILES string of the molecule is C/C(=N\Nc1ncc(C(F)(F)F)cc1Cl)c1ccc2ccccc2c1O. The van der Waals surface area contributed by atoms with Crippen LogP contribution in [0.4, 0.5) is 19.0 Å². The van der Waals surface area contributed by atoms with Gasteiger partial charge in [-0.1, -0.05) is 41.9 Å². The number of benzene rings is 2. The van der Waals surface area contributed by atoms with Crippen LogP contribution >= 0.6 is 11.6 Å². The molecule has 4 nitrogen and oxygen atoms in total. The van der Waals surface area contributed by atoms with Crippen molar-refractivity contribution in [3.8, 4) is 5.75 Å². The molecule has 3 rings (SSSR count). The van der Waals surface area contributed by atoms with Crippen molar-refractivity contribution in [1.29, 1.82) is 0 Å². The van der Waals surface area contributed by atoms with Gasteiger partial charge in [0.2, 0.25) is 0 Å². The molecular formula is C18H13ClF3N3O. The fraction of sp³-hybridized carbons (Fsp3) is 0.111. The molecule has 0 aliphatic heterocycles. The van der Waals surface area contributed by atoms with Crippen LogP contribution in [0.1, 0.15) is 18.1 Å². The van der Waals surface area contributed by atoms with Gasteiger partial charge in [0.15, 0.2) is 5.82 Å². The van der Waals surface area contributed by atoms with Crippen molar-refractivity contribution in [3.05, 3.63) is 64.8 Å². The molecule has 0 bridgehead atoms. The predicted octanol–water partition coefficient (Wildman–Crippen LogP) is 5.45. The number of aromatic hydroxyl groups is 1. The maximum absolute atomic E-state index is 12.6. The monoisotopic (exact) mass is 379 g/mol. The second-order valence-corrected chi connectivity index (χ2v) is 5.95. The van der Waals surface area contributed by atoms with Crippen LogP contribution < -0.4 is 5.43 Å². The first-order valence-corrected chi connectivity index (χ1v) is 7.89. The average Bonchev–Trinajstić information content (AvgIpc) is 2.60. The van der Waals surface area contributed by atoms with Gasteiger partial charge in [0.1, 0.15) is 5.75 Å². The topological polar surface area (TPSA) is 57.5 Å². The Morgan fingerprint density at radius 1 is 1.19 bits per heavy atom. The van der Waals surface area contributed by atoms with Crippen molar-refractivity contribution in [3.63, 3.8) is 0 Å². The van der Waals surface area contributed by atoms with Crippen molar-refractivity contribution in [2.75, 3.05) is 5.43 Å². The normalized spacial score (nSPS) is 12.4. The van der Waals surface area contributed by atoms with Gasteiger partial charge in [0.05, 0.1) is 16.3 Å². The molecule has 0 aliphatic carbocycles. The van der Waals surface area contributed by atoms with Gasteiger partial charge in [-0.2, -0.15) is 18.3 Å². The molecule has 0 saturated heterocycles. The number of nitrogens with zero attached hydrogens (tertiary/aromatic N) is 2. The lowest BCUT2D eigenvalue weighted by Crippen LogP contribution is -2.07. The van der Waals surface area contributed by atoms with Gasteiger partial charge in [-0.3, -0.25) is 5.43 Å². The van der Waals surface area contributed by atoms with Gasteiger partial charge in [-0.25, -0.2) is 4.98 Å². The van der Waals surface area contributed by atoms with E-state index in [0.29, 0.717) is 22.9 Å². The molecule has 0 unspecified atom stereocenters. The van der Waals surface area contributed by atoms with Gasteiger partial charge in [-0.15, -0.1) is 0 Å². The van der Waals surface area contributed by atoms with Crippen molar-refractivity contribution in [2.45, 2.75) is 13.1 Å². The first-order chi connectivity index (χ1) is 12.3. The average molecular weight is 380 g/mol. The van der Waals surface area contributed by atoms with E-state index in [4.69, 9.17) is 11.6 Å². The third-order valence-electron chi connectivity index (χ3n) is 3.79. The lowest BCUT2D eigenvalue weighted by Gasteiger charge is -2.10. The molecule has 2 N–H and O–H groups in total. The van der Waals surface area contributed by atoms with Gasteiger partial charge in [-0.05, 0) is 24.4 Å². The summed E-state index contributed by atoms with van der Waals surface area (Å²) in [6.07, 6.45) is -3.85. The molecule has 0 atom stereocenters. The summed E-state index contributed by atoms with van der Waals surface area (Å²) < 4.78 is 37.9. The van der Waals surface area contributed by atoms with Crippen molar-refractivity contribution < 1.29 is 18.3 Å². The number of nitrogens with one attached hydrogen (secondary N) is 1. The first kappa shape index (κ1) is 18.0. The molecular weight excluding hydrogens is 367 g/mol. The highest BCUT2D eigenvalue weighted by atomic mass is 35.5. The second kappa shape index (κ2) is 6.84. The standard InChI is InChI=1S/C18H13ClF3N3O/c1-10(13-7-6-11-4-2-3-5-14(11)16(13)26)24-25-17-15(19)8-12(9-23-17)18(20,21)22/h2-9,26H,1H3,(H,23,25)/b24-10+. The van der Waals surface area contributed by atoms with E-state index in [1.165, 1.54) is 0 Å². The number of hydrogen-bond acceptors (Lipinski definition) is 4. The van der Waals surface area contributed by atoms with Crippen molar-refractivity contribution in [1.82, 2.24) is 4.98 Å². The maximum Gasteiger partial charge on any atom is 0.417 e. The first-order valence-electron chi connectivity index (χ1n) is 7.51. The Hall–Kier alpha value is -2.80. The summed E-state index contributed by atoms with van der Waals surface area (Å²) in [5.74, 6) is 0.0527. The van der Waals surface area contributed by atoms with E-state index in [2.05, 4.69) is 15.5 Å². The summed E-state index contributed by atoms with van der Waals surface area (Å²) in [6.45, 7) is 1.65. The zero-order valence-electron chi connectivity index (χ0n) is 13.5. The van der Waals surface area contributed by atoms with E-state index < -0.39 is 11.7 Å². The number of phenolic OH excluding ortho intramolecular Hbond substituents is 1. The largest absolute Gasteiger partial charge is 0.507 e. The minimum Gasteiger partial charge on any atom is -0.507 e. The number of hydrogen-bond donors (Lipinski definition) is 2. The minimum atomic E-state index is -4.52. The van der Waals surface area contributed by atoms with Crippen LogP contribution in [-0.2, 0) is 6.18 Å². The molecule has 0 amide bonds. The Morgan fingerprint density at radius 3 is 2.62 bits per heavy atom. The number of pyridine rings is 1. The molecule has 1 heterocycles. The number of fused-ring (bicyclic) bond motifs is 1. The molecule has 0 fully saturated rings. The highest BCUT2D eigenvalue weighted by Gasteiger charge is 2.31. The molecule has 1 aromatic heterocycles. The lowest BCUT2D eigenvalue weighted by molar-refractivity contribution is -0.137. The fourth-order valence-corrected chi connectivity index (χ4v) is 2.63. The summed E-state index contributed by atoms with van der Waals surface area (Å²) in [5.41, 5.74) is 2.50. The number of hydrazone groups is 1. The highest BCUT2D eigenvalue weighted by molar-refractivity contribution is 6.33. The van der Waals surface area contributed by atoms with Gasteiger partial charge >= 0.3 is 6.18 Å². The number of rotatable bonds is 3. The molecule has 0 radical (unpaired) electrons. The molecule has 26 heavy (non-hydrogen) atoms. The quantitative estimate of drug-likeness (QED) is 0.470. The van der Waals surface area contributed by atoms with E-state index in [9.17, 15) is 18.3 Å². The van der Waals surface area contributed by atoms with E-state index in [-0.39, 0.29) is 16.6 Å². The Bertz CT molecular complexity index is 1000. The number of alkyl halides is 3. The van der Waals surface area contributed by atoms with Crippen LogP contribution in [-0.4, -0.2) is 15.8 Å². The van der Waals surface area contributed by atoms with Gasteiger partial charge < -0.3 is 5.11 Å². The van der Waals surface area contributed by atoms with Crippen molar-refractivity contribution >= 4 is 33.9 Å². The van der Waals surface area contributed by atoms with Crippen LogP contribution in [0.5, 0.6) is 5.75 Å². The number of phenols is 1. The fourth-order valence-electron chi connectivity index (χ4n) is 2.42. The van der Waals surface area contributed by atoms with Crippen LogP contribution in [0.3, 0.4) is 0 Å². The van der Waals surface area contributed by atoms with E-state index in [1.807, 2.05) is 24.3 Å². The number of anilines is 1. The summed E-state index contributed by atoms with van der Waals surface area (Å²) in [7, 11) is 0. The molecule has 8 heteroatoms. The van der Waals surface area contributed by atoms with Crippen molar-refractivity contribution in [2.24, 2.45) is 5.10 Å². The second-order valence-electron chi connectivity index (χ2n) is 5.54. The summed E-state index contributed by atoms with van der Waals surface area (Å²) in [5, 5.41) is 15.8. The maximum atomic E-state index is 12.6. The molecule has 0 spiro atoms. The van der Waals surface area contributed by atoms with Crippen LogP contribution in [0.25, 0.3) is 10.8 Å². The third-order valence-corrected chi connectivity index (χ3v) is 4.08. The summed E-state index contributed by atoms with van der Waals surface area (Å²) in [4.78, 5) is 3.65. The Kier molecular flexibility index (Phi) is 4.73. The van der Waals surface area contributed by atoms with E-state index in [1.54, 1.807) is 19.1 Å². The molecule has 134 valence electrons. The lowest BCUT2D eigenvalue weighted by atomic mass is 10.0. The van der Waals surface area contributed by atoms with Crippen LogP contribution in [0, 0.1) is 0 Å². The minimum absolute atomic E-state index is 0.0145. The smallest absolute Gasteiger partial charge is 0.417 e. The summed E-state index contributed by atoms with van der Waals surface area (Å²) >= 11 is 5.83. The molecule has 3 aromatic rings. The molecule has 0 aliphatic rings. The number of aromatic nitrogens is 1. The van der Waals surface area contributed by atoms with E-state index in [0.717, 1.165) is 11.5 Å². The van der Waals surface area contributed by atoms with Crippen LogP contribution in [0.2, 0.25) is 5.02 Å². The Labute approximate surface area is 151 Å². The molecule has 2 aromatic carbocycles. The third kappa shape index (κ3) is 3.57. The van der Waals surface area contributed by atoms with Gasteiger partial charge in [0.25, 0.3) is 0 Å². The highest BCUT2D eigenvalue weighted by Crippen LogP contribution is 2.33. The molecule has 0 saturated carbocycles. The van der Waals surface area contributed by atoms with E-state index >= 15 is 0 Å². The Morgan fingerprint density at radius 2 is 1.92 bits per heavy atom. The summed E-state index contributed by atoms with van der Waals surface area (Å²) in [6, 6.07) is 11.6. The zero-order valence-corrected chi connectivity index (χ0v) is 14.2. The van der Waals surface area contributed by atoms with Crippen LogP contribution in [0.15, 0.2) is 53.8 Å². The Balaban J connectivity index is 1.88. The van der Waals surface area contributed by atoms with Gasteiger partial charge in [0, 0.05) is 17.1 Å². The number of halogens is 4. The predicted molar refractivity (Wildman–Crippen MR) is 95.7 cm³/mol.